The minimum absolute atomic E-state index is 0.124. The van der Waals surface area contributed by atoms with Gasteiger partial charge in [-0.1, -0.05) is 73.8 Å². The number of H-pyrrole nitrogens is 2. The van der Waals surface area contributed by atoms with Crippen molar-refractivity contribution in [3.63, 3.8) is 0 Å². The molecule has 0 saturated carbocycles. The number of rotatable bonds is 18. The highest BCUT2D eigenvalue weighted by atomic mass is 16.2. The number of nitrogens with zero attached hydrogens (tertiary/aromatic N) is 1. The van der Waals surface area contributed by atoms with Gasteiger partial charge in [-0.3, -0.25) is 24.2 Å². The normalized spacial score (nSPS) is 12.8. The molecule has 0 aliphatic rings. The maximum atomic E-state index is 14.2. The Morgan fingerprint density at radius 1 is 0.736 bits per heavy atom. The lowest BCUT2D eigenvalue weighted by Crippen LogP contribution is -2.58. The van der Waals surface area contributed by atoms with Crippen LogP contribution in [0.3, 0.4) is 0 Å². The Morgan fingerprint density at radius 3 is 2.04 bits per heavy atom. The van der Waals surface area contributed by atoms with Gasteiger partial charge in [-0.25, -0.2) is 0 Å². The first-order chi connectivity index (χ1) is 25.8. The summed E-state index contributed by atoms with van der Waals surface area (Å²) in [7, 11) is 0. The van der Waals surface area contributed by atoms with E-state index < -0.39 is 35.8 Å². The van der Waals surface area contributed by atoms with Gasteiger partial charge >= 0.3 is 0 Å². The van der Waals surface area contributed by atoms with E-state index in [9.17, 15) is 19.2 Å². The highest BCUT2D eigenvalue weighted by Gasteiger charge is 2.30. The molecule has 6 N–H and O–H groups in total. The van der Waals surface area contributed by atoms with Gasteiger partial charge in [0.05, 0.1) is 0 Å². The zero-order chi connectivity index (χ0) is 37.6. The molecule has 5 rings (SSSR count). The summed E-state index contributed by atoms with van der Waals surface area (Å²) in [5, 5.41) is 12.6. The highest BCUT2D eigenvalue weighted by molar-refractivity contribution is 5.96. The van der Waals surface area contributed by atoms with E-state index in [0.29, 0.717) is 13.0 Å². The number of para-hydroxylation sites is 1. The van der Waals surface area contributed by atoms with E-state index in [1.807, 2.05) is 79.9 Å². The van der Waals surface area contributed by atoms with Gasteiger partial charge in [-0.05, 0) is 65.9 Å². The molecule has 3 aromatic heterocycles. The summed E-state index contributed by atoms with van der Waals surface area (Å²) in [5.74, 6) is -2.02. The van der Waals surface area contributed by atoms with Crippen LogP contribution in [-0.4, -0.2) is 63.3 Å². The quantitative estimate of drug-likeness (QED) is 0.0733. The Bertz CT molecular complexity index is 2070. The van der Waals surface area contributed by atoms with Crippen molar-refractivity contribution in [3.05, 3.63) is 150 Å². The second-order valence-electron chi connectivity index (χ2n) is 12.6. The smallest absolute Gasteiger partial charge is 0.244 e. The van der Waals surface area contributed by atoms with E-state index >= 15 is 0 Å². The molecule has 0 aliphatic carbocycles. The number of hydrogen-bond donors (Lipinski definition) is 6. The molecule has 0 spiro atoms. The summed E-state index contributed by atoms with van der Waals surface area (Å²) in [4.78, 5) is 65.0. The zero-order valence-corrected chi connectivity index (χ0v) is 29.7. The molecule has 0 bridgehead atoms. The van der Waals surface area contributed by atoms with Crippen LogP contribution in [0.4, 0.5) is 0 Å². The van der Waals surface area contributed by atoms with Crippen molar-refractivity contribution in [2.75, 3.05) is 6.54 Å². The molecular weight excluding hydrogens is 667 g/mol. The van der Waals surface area contributed by atoms with E-state index in [2.05, 4.69) is 49.4 Å². The van der Waals surface area contributed by atoms with Crippen molar-refractivity contribution in [2.45, 2.75) is 50.7 Å². The van der Waals surface area contributed by atoms with E-state index in [1.165, 1.54) is 0 Å². The van der Waals surface area contributed by atoms with E-state index in [1.54, 1.807) is 36.8 Å². The van der Waals surface area contributed by atoms with Crippen LogP contribution in [-0.2, 0) is 44.9 Å². The number of benzene rings is 2. The number of carbonyl (C=O) groups is 4. The molecule has 5 aromatic rings. The molecule has 1 unspecified atom stereocenters. The zero-order valence-electron chi connectivity index (χ0n) is 29.7. The summed E-state index contributed by atoms with van der Waals surface area (Å²) in [5.41, 5.74) is 6.06. The predicted molar refractivity (Wildman–Crippen MR) is 208 cm³/mol. The topological polar surface area (TPSA) is 161 Å². The first kappa shape index (κ1) is 37.8. The van der Waals surface area contributed by atoms with Gasteiger partial charge in [0.2, 0.25) is 23.6 Å². The summed E-state index contributed by atoms with van der Waals surface area (Å²) in [6.45, 7) is 9.63. The lowest BCUT2D eigenvalue weighted by Gasteiger charge is -2.25. The molecule has 0 fully saturated rings. The van der Waals surface area contributed by atoms with Gasteiger partial charge in [0.15, 0.2) is 0 Å². The number of fused-ring (bicyclic) bond motifs is 1. The third kappa shape index (κ3) is 10.3. The first-order valence-corrected chi connectivity index (χ1v) is 17.5. The predicted octanol–water partition coefficient (Wildman–Crippen LogP) is 4.59. The summed E-state index contributed by atoms with van der Waals surface area (Å²) in [6.07, 6.45) is 14.5. The van der Waals surface area contributed by atoms with Gasteiger partial charge in [0.25, 0.3) is 0 Å². The van der Waals surface area contributed by atoms with Gasteiger partial charge in [-0.15, -0.1) is 0 Å². The van der Waals surface area contributed by atoms with E-state index in [0.717, 1.165) is 50.5 Å². The van der Waals surface area contributed by atoms with Gasteiger partial charge in [0.1, 0.15) is 18.1 Å². The lowest BCUT2D eigenvalue weighted by atomic mass is 10.00. The Kier molecular flexibility index (Phi) is 13.3. The number of pyridine rings is 1. The third-order valence-corrected chi connectivity index (χ3v) is 8.92. The van der Waals surface area contributed by atoms with Gasteiger partial charge in [0, 0.05) is 72.8 Å². The van der Waals surface area contributed by atoms with E-state index in [4.69, 9.17) is 0 Å². The highest BCUT2D eigenvalue weighted by Crippen LogP contribution is 2.20. The van der Waals surface area contributed by atoms with Gasteiger partial charge < -0.3 is 31.2 Å². The average molecular weight is 712 g/mol. The minimum atomic E-state index is -1.09. The summed E-state index contributed by atoms with van der Waals surface area (Å²) >= 11 is 0. The van der Waals surface area contributed by atoms with Crippen LogP contribution >= 0.6 is 0 Å². The second kappa shape index (κ2) is 18.7. The number of carbonyl (C=O) groups excluding carboxylic acids is 4. The molecule has 2 aromatic carbocycles. The SMILES string of the molecule is C=CC(=O)NC(Cc1c[nH]c(C=C)c1/C=C\C)C(=O)N[C@@H](Cc1ccccc1)C(=O)N[C@@H](Cc1ccncc1)C(=O)NCCc1c[nH]c2ccccc12. The minimum Gasteiger partial charge on any atom is -0.361 e. The number of aromatic amines is 2. The largest absolute Gasteiger partial charge is 0.361 e. The van der Waals surface area contributed by atoms with Crippen molar-refractivity contribution in [3.8, 4) is 0 Å². The van der Waals surface area contributed by atoms with Crippen molar-refractivity contribution < 1.29 is 19.2 Å². The van der Waals surface area contributed by atoms with Crippen molar-refractivity contribution in [1.29, 1.82) is 0 Å². The molecule has 0 aliphatic heterocycles. The Labute approximate surface area is 309 Å². The fraction of sp³-hybridized carbons (Fsp3) is 0.214. The molecule has 0 radical (unpaired) electrons. The standard InChI is InChI=1S/C42H45N7O4/c1-4-12-32-31(27-45-34(32)5-2)25-38(47-39(50)6-3)42(53)49-37(23-28-13-8-7-9-14-28)41(52)48-36(24-29-17-20-43-21-18-29)40(51)44-22-19-30-26-46-35-16-11-10-15-33(30)35/h4-18,20-21,26-27,36-38,45-46H,2-3,19,22-25H2,1H3,(H,44,51)(H,47,50)(H,48,52)(H,49,53)/b12-4-/t36-,37-,38?/m0/s1. The molecule has 272 valence electrons. The van der Waals surface area contributed by atoms with Gasteiger partial charge in [-0.2, -0.15) is 0 Å². The number of hydrogen-bond acceptors (Lipinski definition) is 5. The lowest BCUT2D eigenvalue weighted by molar-refractivity contribution is -0.133. The molecule has 0 saturated heterocycles. The van der Waals surface area contributed by atoms with Crippen LogP contribution in [0.25, 0.3) is 23.1 Å². The molecule has 4 amide bonds. The van der Waals surface area contributed by atoms with Crippen molar-refractivity contribution in [1.82, 2.24) is 36.2 Å². The van der Waals surface area contributed by atoms with Crippen LogP contribution in [0.5, 0.6) is 0 Å². The maximum Gasteiger partial charge on any atom is 0.244 e. The Morgan fingerprint density at radius 2 is 1.36 bits per heavy atom. The van der Waals surface area contributed by atoms with Crippen LogP contribution in [0, 0.1) is 0 Å². The maximum absolute atomic E-state index is 14.2. The average Bonchev–Trinajstić information content (AvgIpc) is 3.77. The Hall–Kier alpha value is -6.49. The molecule has 53 heavy (non-hydrogen) atoms. The van der Waals surface area contributed by atoms with E-state index in [-0.39, 0.29) is 25.2 Å². The van der Waals surface area contributed by atoms with Crippen LogP contribution in [0.2, 0.25) is 0 Å². The second-order valence-corrected chi connectivity index (χ2v) is 12.6. The summed E-state index contributed by atoms with van der Waals surface area (Å²) < 4.78 is 0. The Balaban J connectivity index is 1.36. The first-order valence-electron chi connectivity index (χ1n) is 17.5. The number of aromatic nitrogens is 3. The molecule has 11 heteroatoms. The van der Waals surface area contributed by atoms with Crippen molar-refractivity contribution >= 4 is 46.7 Å². The van der Waals surface area contributed by atoms with Crippen LogP contribution in [0.1, 0.15) is 40.4 Å². The molecule has 3 heterocycles. The molecular formula is C42H45N7O4. The van der Waals surface area contributed by atoms with Crippen LogP contribution in [0.15, 0.2) is 117 Å². The number of amides is 4. The molecule has 11 nitrogen and oxygen atoms in total. The number of allylic oxidation sites excluding steroid dienone is 1. The fourth-order valence-corrected chi connectivity index (χ4v) is 6.20. The third-order valence-electron chi connectivity index (χ3n) is 8.92. The van der Waals surface area contributed by atoms with Crippen LogP contribution < -0.4 is 21.3 Å². The summed E-state index contributed by atoms with van der Waals surface area (Å²) in [6, 6.07) is 17.7. The number of nitrogens with one attached hydrogen (secondary N) is 6. The monoisotopic (exact) mass is 711 g/mol. The fourth-order valence-electron chi connectivity index (χ4n) is 6.20. The molecule has 3 atom stereocenters. The van der Waals surface area contributed by atoms with Crippen molar-refractivity contribution in [2.24, 2.45) is 0 Å².